The van der Waals surface area contributed by atoms with Gasteiger partial charge in [-0.15, -0.1) is 0 Å². The number of aromatic nitrogens is 1. The van der Waals surface area contributed by atoms with Gasteiger partial charge in [0.1, 0.15) is 22.1 Å². The topological polar surface area (TPSA) is 76.6 Å². The number of nitrogens with zero attached hydrogens (tertiary/aromatic N) is 2. The summed E-state index contributed by atoms with van der Waals surface area (Å²) in [5.74, 6) is 3.04. The van der Waals surface area contributed by atoms with Gasteiger partial charge in [-0.2, -0.15) is 4.31 Å². The first kappa shape index (κ1) is 15.3. The Bertz CT molecular complexity index is 771. The molecule has 3 rings (SSSR count). The van der Waals surface area contributed by atoms with E-state index in [0.29, 0.717) is 29.1 Å². The van der Waals surface area contributed by atoms with E-state index in [4.69, 9.17) is 8.94 Å². The Morgan fingerprint density at radius 3 is 2.59 bits per heavy atom. The fourth-order valence-corrected chi connectivity index (χ4v) is 4.12. The molecular formula is C15H20N2O4S. The van der Waals surface area contributed by atoms with Crippen LogP contribution in [0, 0.1) is 19.8 Å². The van der Waals surface area contributed by atoms with Crippen molar-refractivity contribution in [2.45, 2.75) is 44.6 Å². The lowest BCUT2D eigenvalue weighted by Gasteiger charge is -2.15. The van der Waals surface area contributed by atoms with Crippen LogP contribution in [0.5, 0.6) is 0 Å². The predicted molar refractivity (Wildman–Crippen MR) is 79.9 cm³/mol. The molecule has 1 saturated carbocycles. The van der Waals surface area contributed by atoms with E-state index in [9.17, 15) is 8.42 Å². The van der Waals surface area contributed by atoms with Gasteiger partial charge in [-0.05, 0) is 38.3 Å². The molecule has 0 N–H and O–H groups in total. The van der Waals surface area contributed by atoms with Gasteiger partial charge in [0.05, 0.1) is 6.54 Å². The van der Waals surface area contributed by atoms with Crippen LogP contribution in [0.3, 0.4) is 0 Å². The second-order valence-electron chi connectivity index (χ2n) is 6.04. The van der Waals surface area contributed by atoms with Crippen molar-refractivity contribution in [1.82, 2.24) is 9.46 Å². The minimum atomic E-state index is -3.64. The second kappa shape index (κ2) is 5.24. The molecule has 7 heteroatoms. The van der Waals surface area contributed by atoms with Gasteiger partial charge in [-0.25, -0.2) is 8.42 Å². The standard InChI is InChI=1S/C15H20N2O4S/c1-9-7-13(9)14-6-5-12(20-14)8-17(4)22(18,19)15-10(2)16-21-11(15)3/h5-6,9,13H,7-8H2,1-4H3. The minimum absolute atomic E-state index is 0.137. The molecule has 6 nitrogen and oxygen atoms in total. The summed E-state index contributed by atoms with van der Waals surface area (Å²) in [5, 5.41) is 3.71. The van der Waals surface area contributed by atoms with Crippen molar-refractivity contribution in [1.29, 1.82) is 0 Å². The van der Waals surface area contributed by atoms with Crippen molar-refractivity contribution in [3.8, 4) is 0 Å². The van der Waals surface area contributed by atoms with E-state index in [-0.39, 0.29) is 11.4 Å². The van der Waals surface area contributed by atoms with Gasteiger partial charge in [0.2, 0.25) is 10.0 Å². The highest BCUT2D eigenvalue weighted by atomic mass is 32.2. The summed E-state index contributed by atoms with van der Waals surface area (Å²) in [6.07, 6.45) is 1.14. The van der Waals surface area contributed by atoms with Gasteiger partial charge in [-0.3, -0.25) is 0 Å². The van der Waals surface area contributed by atoms with Crippen LogP contribution in [0.15, 0.2) is 26.0 Å². The molecule has 1 aliphatic carbocycles. The van der Waals surface area contributed by atoms with Crippen LogP contribution in [0.1, 0.15) is 42.2 Å². The molecular weight excluding hydrogens is 304 g/mol. The Morgan fingerprint density at radius 2 is 2.05 bits per heavy atom. The fraction of sp³-hybridized carbons (Fsp3) is 0.533. The fourth-order valence-electron chi connectivity index (χ4n) is 2.70. The van der Waals surface area contributed by atoms with Gasteiger partial charge in [-0.1, -0.05) is 12.1 Å². The van der Waals surface area contributed by atoms with Crippen molar-refractivity contribution in [2.24, 2.45) is 5.92 Å². The maximum Gasteiger partial charge on any atom is 0.248 e. The zero-order valence-electron chi connectivity index (χ0n) is 13.2. The van der Waals surface area contributed by atoms with Gasteiger partial charge in [0, 0.05) is 13.0 Å². The molecule has 0 amide bonds. The molecule has 2 heterocycles. The van der Waals surface area contributed by atoms with Crippen molar-refractivity contribution in [3.63, 3.8) is 0 Å². The lowest BCUT2D eigenvalue weighted by Crippen LogP contribution is -2.27. The summed E-state index contributed by atoms with van der Waals surface area (Å²) in [6, 6.07) is 3.79. The molecule has 2 atom stereocenters. The number of hydrogen-bond acceptors (Lipinski definition) is 5. The quantitative estimate of drug-likeness (QED) is 0.845. The highest BCUT2D eigenvalue weighted by molar-refractivity contribution is 7.89. The molecule has 2 aromatic rings. The highest BCUT2D eigenvalue weighted by Crippen LogP contribution is 2.47. The minimum Gasteiger partial charge on any atom is -0.464 e. The first-order valence-corrected chi connectivity index (χ1v) is 8.72. The zero-order valence-corrected chi connectivity index (χ0v) is 14.0. The molecule has 0 bridgehead atoms. The summed E-state index contributed by atoms with van der Waals surface area (Å²) in [7, 11) is -2.11. The molecule has 0 aliphatic heterocycles. The normalized spacial score (nSPS) is 21.5. The third-order valence-corrected chi connectivity index (χ3v) is 6.22. The Kier molecular flexibility index (Phi) is 3.65. The third-order valence-electron chi connectivity index (χ3n) is 4.17. The van der Waals surface area contributed by atoms with Gasteiger partial charge in [0.15, 0.2) is 5.76 Å². The van der Waals surface area contributed by atoms with Crippen molar-refractivity contribution in [3.05, 3.63) is 35.1 Å². The molecule has 1 aliphatic rings. The Hall–Kier alpha value is -1.60. The van der Waals surface area contributed by atoms with Crippen LogP contribution in [0.25, 0.3) is 0 Å². The number of aryl methyl sites for hydroxylation is 2. The van der Waals surface area contributed by atoms with Crippen molar-refractivity contribution < 1.29 is 17.4 Å². The first-order valence-electron chi connectivity index (χ1n) is 7.28. The summed E-state index contributed by atoms with van der Waals surface area (Å²) >= 11 is 0. The first-order chi connectivity index (χ1) is 10.3. The van der Waals surface area contributed by atoms with E-state index in [0.717, 1.165) is 12.2 Å². The predicted octanol–water partition coefficient (Wildman–Crippen LogP) is 2.83. The van der Waals surface area contributed by atoms with Crippen LogP contribution >= 0.6 is 0 Å². The maximum atomic E-state index is 12.6. The van der Waals surface area contributed by atoms with E-state index >= 15 is 0 Å². The lowest BCUT2D eigenvalue weighted by molar-refractivity contribution is 0.383. The number of rotatable bonds is 5. The van der Waals surface area contributed by atoms with Gasteiger partial charge < -0.3 is 8.94 Å². The van der Waals surface area contributed by atoms with E-state index in [2.05, 4.69) is 12.1 Å². The van der Waals surface area contributed by atoms with Gasteiger partial charge in [0.25, 0.3) is 0 Å². The van der Waals surface area contributed by atoms with Crippen LogP contribution in [-0.2, 0) is 16.6 Å². The van der Waals surface area contributed by atoms with Crippen LogP contribution in [0.4, 0.5) is 0 Å². The Morgan fingerprint density at radius 1 is 1.36 bits per heavy atom. The monoisotopic (exact) mass is 324 g/mol. The molecule has 120 valence electrons. The number of furan rings is 1. The molecule has 0 saturated heterocycles. The Labute approximate surface area is 130 Å². The average molecular weight is 324 g/mol. The maximum absolute atomic E-state index is 12.6. The SMILES string of the molecule is Cc1noc(C)c1S(=O)(=O)N(C)Cc1ccc(C2CC2C)o1. The summed E-state index contributed by atoms with van der Waals surface area (Å²) in [6.45, 7) is 5.59. The Balaban J connectivity index is 1.79. The molecule has 0 spiro atoms. The smallest absolute Gasteiger partial charge is 0.248 e. The summed E-state index contributed by atoms with van der Waals surface area (Å²) < 4.78 is 37.3. The van der Waals surface area contributed by atoms with Crippen molar-refractivity contribution in [2.75, 3.05) is 7.05 Å². The zero-order chi connectivity index (χ0) is 16.1. The van der Waals surface area contributed by atoms with E-state index < -0.39 is 10.0 Å². The van der Waals surface area contributed by atoms with Crippen molar-refractivity contribution >= 4 is 10.0 Å². The third kappa shape index (κ3) is 2.59. The van der Waals surface area contributed by atoms with Crippen LogP contribution in [-0.4, -0.2) is 24.9 Å². The largest absolute Gasteiger partial charge is 0.464 e. The summed E-state index contributed by atoms with van der Waals surface area (Å²) in [5.41, 5.74) is 0.372. The summed E-state index contributed by atoms with van der Waals surface area (Å²) in [4.78, 5) is 0.137. The van der Waals surface area contributed by atoms with E-state index in [1.807, 2.05) is 12.1 Å². The molecule has 2 unspecified atom stereocenters. The van der Waals surface area contributed by atoms with Crippen LogP contribution < -0.4 is 0 Å². The second-order valence-corrected chi connectivity index (χ2v) is 8.02. The molecule has 22 heavy (non-hydrogen) atoms. The van der Waals surface area contributed by atoms with E-state index in [1.165, 1.54) is 11.4 Å². The lowest BCUT2D eigenvalue weighted by atomic mass is 10.3. The molecule has 1 fully saturated rings. The number of hydrogen-bond donors (Lipinski definition) is 0. The number of sulfonamides is 1. The molecule has 0 aromatic carbocycles. The van der Waals surface area contributed by atoms with E-state index in [1.54, 1.807) is 13.8 Å². The average Bonchev–Trinajstić information content (AvgIpc) is 2.84. The van der Waals surface area contributed by atoms with Crippen LogP contribution in [0.2, 0.25) is 0 Å². The van der Waals surface area contributed by atoms with Gasteiger partial charge >= 0.3 is 0 Å². The molecule has 0 radical (unpaired) electrons. The molecule has 2 aromatic heterocycles. The highest BCUT2D eigenvalue weighted by Gasteiger charge is 2.37.